The zero-order valence-electron chi connectivity index (χ0n) is 11.4. The molecule has 1 heterocycles. The van der Waals surface area contributed by atoms with Crippen LogP contribution in [0.1, 0.15) is 11.3 Å². The van der Waals surface area contributed by atoms with Crippen LogP contribution in [0.5, 0.6) is 0 Å². The monoisotopic (exact) mass is 259 g/mol. The standard InChI is InChI=1S/C15H21N3O/c1-19-10-8-16-11-15-12-18(13-17-15)9-7-14-5-3-2-4-6-14/h2-6,12-13,16H,7-11H2,1H3. The fraction of sp³-hybridized carbons (Fsp3) is 0.400. The Labute approximate surface area is 114 Å². The van der Waals surface area contributed by atoms with E-state index in [1.54, 1.807) is 7.11 Å². The van der Waals surface area contributed by atoms with Crippen molar-refractivity contribution in [3.8, 4) is 0 Å². The number of nitrogens with one attached hydrogen (secondary N) is 1. The molecule has 0 fully saturated rings. The highest BCUT2D eigenvalue weighted by atomic mass is 16.5. The summed E-state index contributed by atoms with van der Waals surface area (Å²) in [6.45, 7) is 3.35. The van der Waals surface area contributed by atoms with E-state index >= 15 is 0 Å². The molecule has 1 aromatic heterocycles. The van der Waals surface area contributed by atoms with Gasteiger partial charge in [0, 0.05) is 32.9 Å². The first kappa shape index (κ1) is 13.8. The van der Waals surface area contributed by atoms with Crippen molar-refractivity contribution in [2.45, 2.75) is 19.5 Å². The summed E-state index contributed by atoms with van der Waals surface area (Å²) in [5.74, 6) is 0. The van der Waals surface area contributed by atoms with E-state index in [-0.39, 0.29) is 0 Å². The Hall–Kier alpha value is -1.65. The second-order valence-electron chi connectivity index (χ2n) is 4.51. The fourth-order valence-electron chi connectivity index (χ4n) is 1.91. The van der Waals surface area contributed by atoms with Crippen molar-refractivity contribution in [1.82, 2.24) is 14.9 Å². The summed E-state index contributed by atoms with van der Waals surface area (Å²) in [4.78, 5) is 4.39. The summed E-state index contributed by atoms with van der Waals surface area (Å²) < 4.78 is 7.12. The number of rotatable bonds is 8. The number of hydrogen-bond donors (Lipinski definition) is 1. The van der Waals surface area contributed by atoms with E-state index in [4.69, 9.17) is 4.74 Å². The smallest absolute Gasteiger partial charge is 0.0950 e. The summed E-state index contributed by atoms with van der Waals surface area (Å²) in [7, 11) is 1.71. The fourth-order valence-corrected chi connectivity index (χ4v) is 1.91. The summed E-state index contributed by atoms with van der Waals surface area (Å²) in [5, 5.41) is 3.29. The van der Waals surface area contributed by atoms with Gasteiger partial charge in [0.15, 0.2) is 0 Å². The van der Waals surface area contributed by atoms with Crippen LogP contribution in [0.25, 0.3) is 0 Å². The molecule has 0 unspecified atom stereocenters. The molecule has 0 saturated heterocycles. The quantitative estimate of drug-likeness (QED) is 0.736. The zero-order valence-corrected chi connectivity index (χ0v) is 11.4. The molecule has 0 atom stereocenters. The lowest BCUT2D eigenvalue weighted by molar-refractivity contribution is 0.199. The minimum absolute atomic E-state index is 0.731. The molecule has 0 amide bonds. The lowest BCUT2D eigenvalue weighted by Crippen LogP contribution is -2.18. The van der Waals surface area contributed by atoms with Crippen molar-refractivity contribution in [3.63, 3.8) is 0 Å². The molecule has 0 aliphatic heterocycles. The van der Waals surface area contributed by atoms with Gasteiger partial charge in [-0.15, -0.1) is 0 Å². The normalized spacial score (nSPS) is 10.8. The predicted molar refractivity (Wildman–Crippen MR) is 76.0 cm³/mol. The molecule has 2 rings (SSSR count). The van der Waals surface area contributed by atoms with Gasteiger partial charge in [0.05, 0.1) is 18.6 Å². The van der Waals surface area contributed by atoms with Crippen LogP contribution < -0.4 is 5.32 Å². The highest BCUT2D eigenvalue weighted by Gasteiger charge is 1.99. The Kier molecular flexibility index (Phi) is 5.59. The van der Waals surface area contributed by atoms with Crippen LogP contribution in [0.15, 0.2) is 42.9 Å². The van der Waals surface area contributed by atoms with Crippen LogP contribution in [0, 0.1) is 0 Å². The van der Waals surface area contributed by atoms with E-state index in [1.165, 1.54) is 5.56 Å². The van der Waals surface area contributed by atoms with Crippen molar-refractivity contribution in [2.75, 3.05) is 20.3 Å². The minimum Gasteiger partial charge on any atom is -0.383 e. The third kappa shape index (κ3) is 4.85. The number of hydrogen-bond acceptors (Lipinski definition) is 3. The van der Waals surface area contributed by atoms with Crippen molar-refractivity contribution < 1.29 is 4.74 Å². The summed E-state index contributed by atoms with van der Waals surface area (Å²) in [6, 6.07) is 10.5. The van der Waals surface area contributed by atoms with Crippen molar-refractivity contribution in [1.29, 1.82) is 0 Å². The SMILES string of the molecule is COCCNCc1cn(CCc2ccccc2)cn1. The average Bonchev–Trinajstić information content (AvgIpc) is 2.91. The molecule has 0 saturated carbocycles. The molecule has 0 aliphatic rings. The lowest BCUT2D eigenvalue weighted by Gasteiger charge is -2.02. The van der Waals surface area contributed by atoms with Gasteiger partial charge >= 0.3 is 0 Å². The molecule has 102 valence electrons. The first-order chi connectivity index (χ1) is 9.38. The Morgan fingerprint density at radius 3 is 2.89 bits per heavy atom. The third-order valence-corrected chi connectivity index (χ3v) is 2.98. The second kappa shape index (κ2) is 7.71. The zero-order chi connectivity index (χ0) is 13.3. The second-order valence-corrected chi connectivity index (χ2v) is 4.51. The summed E-state index contributed by atoms with van der Waals surface area (Å²) in [5.41, 5.74) is 2.43. The van der Waals surface area contributed by atoms with Gasteiger partial charge in [-0.25, -0.2) is 4.98 Å². The number of benzene rings is 1. The van der Waals surface area contributed by atoms with E-state index in [0.29, 0.717) is 0 Å². The van der Waals surface area contributed by atoms with E-state index < -0.39 is 0 Å². The molecule has 1 aromatic carbocycles. The van der Waals surface area contributed by atoms with Crippen LogP contribution in [0.3, 0.4) is 0 Å². The summed E-state index contributed by atoms with van der Waals surface area (Å²) >= 11 is 0. The van der Waals surface area contributed by atoms with E-state index in [2.05, 4.69) is 45.3 Å². The Bertz CT molecular complexity index is 467. The van der Waals surface area contributed by atoms with Gasteiger partial charge in [-0.3, -0.25) is 0 Å². The van der Waals surface area contributed by atoms with Crippen molar-refractivity contribution in [3.05, 3.63) is 54.1 Å². The van der Waals surface area contributed by atoms with Gasteiger partial charge in [-0.1, -0.05) is 30.3 Å². The maximum atomic E-state index is 4.98. The predicted octanol–water partition coefficient (Wildman–Crippen LogP) is 1.86. The Morgan fingerprint density at radius 2 is 2.11 bits per heavy atom. The molecule has 0 aliphatic carbocycles. The highest BCUT2D eigenvalue weighted by Crippen LogP contribution is 2.03. The van der Waals surface area contributed by atoms with E-state index in [0.717, 1.165) is 38.4 Å². The number of nitrogens with zero attached hydrogens (tertiary/aromatic N) is 2. The van der Waals surface area contributed by atoms with E-state index in [9.17, 15) is 0 Å². The lowest BCUT2D eigenvalue weighted by atomic mass is 10.1. The maximum absolute atomic E-state index is 4.98. The van der Waals surface area contributed by atoms with Crippen LogP contribution in [0.4, 0.5) is 0 Å². The molecule has 19 heavy (non-hydrogen) atoms. The van der Waals surface area contributed by atoms with Crippen LogP contribution >= 0.6 is 0 Å². The largest absolute Gasteiger partial charge is 0.383 e. The van der Waals surface area contributed by atoms with Crippen LogP contribution in [-0.4, -0.2) is 29.8 Å². The van der Waals surface area contributed by atoms with Gasteiger partial charge in [0.1, 0.15) is 0 Å². The third-order valence-electron chi connectivity index (χ3n) is 2.98. The number of aryl methyl sites for hydroxylation is 2. The van der Waals surface area contributed by atoms with E-state index in [1.807, 2.05) is 12.4 Å². The van der Waals surface area contributed by atoms with Gasteiger partial charge in [-0.2, -0.15) is 0 Å². The topological polar surface area (TPSA) is 39.1 Å². The first-order valence-corrected chi connectivity index (χ1v) is 6.62. The number of imidazole rings is 1. The Balaban J connectivity index is 1.74. The molecule has 4 heteroatoms. The Morgan fingerprint density at radius 1 is 1.26 bits per heavy atom. The van der Waals surface area contributed by atoms with Crippen molar-refractivity contribution in [2.24, 2.45) is 0 Å². The molecular weight excluding hydrogens is 238 g/mol. The molecule has 0 radical (unpaired) electrons. The highest BCUT2D eigenvalue weighted by molar-refractivity contribution is 5.14. The van der Waals surface area contributed by atoms with Crippen molar-refractivity contribution >= 4 is 0 Å². The van der Waals surface area contributed by atoms with Crippen LogP contribution in [-0.2, 0) is 24.2 Å². The van der Waals surface area contributed by atoms with Gasteiger partial charge in [0.2, 0.25) is 0 Å². The molecule has 0 bridgehead atoms. The van der Waals surface area contributed by atoms with Crippen LogP contribution in [0.2, 0.25) is 0 Å². The number of methoxy groups -OCH3 is 1. The number of aromatic nitrogens is 2. The molecule has 1 N–H and O–H groups in total. The first-order valence-electron chi connectivity index (χ1n) is 6.62. The van der Waals surface area contributed by atoms with Gasteiger partial charge < -0.3 is 14.6 Å². The minimum atomic E-state index is 0.731. The molecule has 4 nitrogen and oxygen atoms in total. The molecular formula is C15H21N3O. The number of ether oxygens (including phenoxy) is 1. The molecule has 0 spiro atoms. The van der Waals surface area contributed by atoms with Gasteiger partial charge in [0.25, 0.3) is 0 Å². The summed E-state index contributed by atoms with van der Waals surface area (Å²) in [6.07, 6.45) is 5.03. The van der Waals surface area contributed by atoms with Gasteiger partial charge in [-0.05, 0) is 12.0 Å². The molecule has 2 aromatic rings. The average molecular weight is 259 g/mol. The maximum Gasteiger partial charge on any atom is 0.0950 e.